The van der Waals surface area contributed by atoms with Crippen LogP contribution in [0.3, 0.4) is 0 Å². The van der Waals surface area contributed by atoms with Crippen molar-refractivity contribution in [2.24, 2.45) is 0 Å². The van der Waals surface area contributed by atoms with E-state index in [9.17, 15) is 0 Å². The van der Waals surface area contributed by atoms with E-state index in [0.717, 1.165) is 42.7 Å². The van der Waals surface area contributed by atoms with Crippen molar-refractivity contribution in [2.75, 3.05) is 58.3 Å². The molecule has 2 fully saturated rings. The Balaban J connectivity index is 1.45. The van der Waals surface area contributed by atoms with Crippen molar-refractivity contribution in [1.82, 2.24) is 19.8 Å². The number of fused-ring (bicyclic) bond motifs is 1. The minimum Gasteiger partial charge on any atom is -0.377 e. The van der Waals surface area contributed by atoms with Gasteiger partial charge in [-0.2, -0.15) is 0 Å². The van der Waals surface area contributed by atoms with Crippen LogP contribution in [0.4, 0.5) is 5.82 Å². The fourth-order valence-corrected chi connectivity index (χ4v) is 5.92. The molecule has 4 heterocycles. The molecule has 7 heteroatoms. The Morgan fingerprint density at radius 3 is 2.61 bits per heavy atom. The maximum absolute atomic E-state index is 5.37. The molecule has 2 aromatic heterocycles. The molecule has 0 bridgehead atoms. The van der Waals surface area contributed by atoms with Crippen molar-refractivity contribution in [3.8, 4) is 11.1 Å². The lowest BCUT2D eigenvalue weighted by Crippen LogP contribution is -2.54. The Labute approximate surface area is 188 Å². The number of hydrogen-bond acceptors (Lipinski definition) is 7. The summed E-state index contributed by atoms with van der Waals surface area (Å²) in [5, 5.41) is 3.41. The van der Waals surface area contributed by atoms with E-state index in [4.69, 9.17) is 14.7 Å². The minimum absolute atomic E-state index is 0.440. The van der Waals surface area contributed by atoms with E-state index in [-0.39, 0.29) is 0 Å². The molecule has 164 valence electrons. The predicted octanol–water partition coefficient (Wildman–Crippen LogP) is 3.72. The second-order valence-corrected chi connectivity index (χ2v) is 9.53. The van der Waals surface area contributed by atoms with Crippen LogP contribution in [0.1, 0.15) is 18.7 Å². The lowest BCUT2D eigenvalue weighted by atomic mass is 10.0. The molecular weight excluding hydrogens is 406 g/mol. The van der Waals surface area contributed by atoms with Gasteiger partial charge in [-0.15, -0.1) is 11.3 Å². The number of piperazine rings is 1. The van der Waals surface area contributed by atoms with Crippen LogP contribution in [-0.4, -0.2) is 79.2 Å². The first-order valence-corrected chi connectivity index (χ1v) is 12.1. The smallest absolute Gasteiger partial charge is 0.158 e. The Morgan fingerprint density at radius 2 is 1.87 bits per heavy atom. The molecule has 0 N–H and O–H groups in total. The first-order valence-electron chi connectivity index (χ1n) is 11.2. The lowest BCUT2D eigenvalue weighted by Gasteiger charge is -2.43. The highest BCUT2D eigenvalue weighted by atomic mass is 32.1. The number of anilines is 1. The molecule has 31 heavy (non-hydrogen) atoms. The van der Waals surface area contributed by atoms with E-state index in [2.05, 4.69) is 57.5 Å². The van der Waals surface area contributed by atoms with E-state index in [1.807, 2.05) is 0 Å². The summed E-state index contributed by atoms with van der Waals surface area (Å²) in [6, 6.07) is 11.3. The fourth-order valence-electron chi connectivity index (χ4n) is 4.96. The SMILES string of the molecule is COCc1nc(N2CCN(C3CCCN(C)C3)CC2)c2c(-c3ccccc3)csc2n1. The third kappa shape index (κ3) is 4.32. The number of likely N-dealkylation sites (N-methyl/N-ethyl adjacent to an activating group) is 1. The third-order valence-electron chi connectivity index (χ3n) is 6.55. The van der Waals surface area contributed by atoms with Crippen LogP contribution in [0.15, 0.2) is 35.7 Å². The number of nitrogens with zero attached hydrogens (tertiary/aromatic N) is 5. The first-order chi connectivity index (χ1) is 15.2. The molecule has 1 aromatic carbocycles. The Bertz CT molecular complexity index is 1020. The molecule has 1 atom stereocenters. The van der Waals surface area contributed by atoms with Gasteiger partial charge in [0.1, 0.15) is 17.3 Å². The van der Waals surface area contributed by atoms with E-state index in [1.54, 1.807) is 18.4 Å². The maximum atomic E-state index is 5.37. The second kappa shape index (κ2) is 9.20. The summed E-state index contributed by atoms with van der Waals surface area (Å²) < 4.78 is 5.37. The highest BCUT2D eigenvalue weighted by Crippen LogP contribution is 2.38. The van der Waals surface area contributed by atoms with Gasteiger partial charge in [0.15, 0.2) is 5.82 Å². The normalized spacial score (nSPS) is 21.1. The lowest BCUT2D eigenvalue weighted by molar-refractivity contribution is 0.106. The Kier molecular flexibility index (Phi) is 6.18. The molecule has 6 nitrogen and oxygen atoms in total. The number of benzene rings is 1. The Morgan fingerprint density at radius 1 is 1.06 bits per heavy atom. The maximum Gasteiger partial charge on any atom is 0.158 e. The molecule has 2 aliphatic heterocycles. The largest absolute Gasteiger partial charge is 0.377 e. The van der Waals surface area contributed by atoms with Gasteiger partial charge in [0, 0.05) is 56.8 Å². The minimum atomic E-state index is 0.440. The zero-order chi connectivity index (χ0) is 21.2. The van der Waals surface area contributed by atoms with Gasteiger partial charge in [-0.25, -0.2) is 9.97 Å². The third-order valence-corrected chi connectivity index (χ3v) is 7.42. The Hall–Kier alpha value is -2.06. The number of methoxy groups -OCH3 is 1. The van der Waals surface area contributed by atoms with E-state index >= 15 is 0 Å². The van der Waals surface area contributed by atoms with Gasteiger partial charge < -0.3 is 14.5 Å². The molecule has 0 spiro atoms. The fraction of sp³-hybridized carbons (Fsp3) is 0.500. The van der Waals surface area contributed by atoms with Crippen LogP contribution in [0, 0.1) is 0 Å². The van der Waals surface area contributed by atoms with Gasteiger partial charge in [0.2, 0.25) is 0 Å². The highest BCUT2D eigenvalue weighted by Gasteiger charge is 2.29. The number of rotatable bonds is 5. The average molecular weight is 438 g/mol. The van der Waals surface area contributed by atoms with Gasteiger partial charge >= 0.3 is 0 Å². The number of hydrogen-bond donors (Lipinski definition) is 0. The van der Waals surface area contributed by atoms with E-state index in [0.29, 0.717) is 12.6 Å². The summed E-state index contributed by atoms with van der Waals surface area (Å²) in [7, 11) is 3.95. The van der Waals surface area contributed by atoms with E-state index < -0.39 is 0 Å². The molecule has 2 aliphatic rings. The zero-order valence-corrected chi connectivity index (χ0v) is 19.3. The van der Waals surface area contributed by atoms with Gasteiger partial charge in [-0.1, -0.05) is 30.3 Å². The van der Waals surface area contributed by atoms with Crippen molar-refractivity contribution in [3.05, 3.63) is 41.5 Å². The summed E-state index contributed by atoms with van der Waals surface area (Å²) in [5.41, 5.74) is 2.46. The van der Waals surface area contributed by atoms with Crippen LogP contribution in [0.5, 0.6) is 0 Å². The summed E-state index contributed by atoms with van der Waals surface area (Å²) in [6.45, 7) is 7.06. The van der Waals surface area contributed by atoms with Gasteiger partial charge in [-0.05, 0) is 32.0 Å². The molecule has 0 amide bonds. The summed E-state index contributed by atoms with van der Waals surface area (Å²) in [6.07, 6.45) is 2.63. The molecule has 0 radical (unpaired) electrons. The first kappa shape index (κ1) is 20.8. The molecule has 2 saturated heterocycles. The van der Waals surface area contributed by atoms with Crippen molar-refractivity contribution < 1.29 is 4.74 Å². The van der Waals surface area contributed by atoms with Crippen LogP contribution in [0.2, 0.25) is 0 Å². The van der Waals surface area contributed by atoms with E-state index in [1.165, 1.54) is 42.4 Å². The molecule has 3 aromatic rings. The topological polar surface area (TPSA) is 44.7 Å². The van der Waals surface area contributed by atoms with Crippen LogP contribution in [-0.2, 0) is 11.3 Å². The molecular formula is C24H31N5OS. The number of thiophene rings is 1. The van der Waals surface area contributed by atoms with Gasteiger partial charge in [0.05, 0.1) is 5.39 Å². The molecule has 0 aliphatic carbocycles. The monoisotopic (exact) mass is 437 g/mol. The van der Waals surface area contributed by atoms with Crippen molar-refractivity contribution >= 4 is 27.4 Å². The van der Waals surface area contributed by atoms with Gasteiger partial charge in [-0.3, -0.25) is 4.90 Å². The average Bonchev–Trinajstić information content (AvgIpc) is 3.24. The van der Waals surface area contributed by atoms with Crippen LogP contribution >= 0.6 is 11.3 Å². The van der Waals surface area contributed by atoms with Crippen molar-refractivity contribution in [3.63, 3.8) is 0 Å². The zero-order valence-electron chi connectivity index (χ0n) is 18.5. The molecule has 1 unspecified atom stereocenters. The van der Waals surface area contributed by atoms with Crippen molar-refractivity contribution in [1.29, 1.82) is 0 Å². The summed E-state index contributed by atoms with van der Waals surface area (Å²) in [5.74, 6) is 1.83. The number of piperidine rings is 1. The van der Waals surface area contributed by atoms with Gasteiger partial charge in [0.25, 0.3) is 0 Å². The van der Waals surface area contributed by atoms with Crippen molar-refractivity contribution in [2.45, 2.75) is 25.5 Å². The second-order valence-electron chi connectivity index (χ2n) is 8.67. The molecule has 5 rings (SSSR count). The predicted molar refractivity (Wildman–Crippen MR) is 128 cm³/mol. The summed E-state index contributed by atoms with van der Waals surface area (Å²) >= 11 is 1.70. The van der Waals surface area contributed by atoms with Crippen LogP contribution in [0.25, 0.3) is 21.3 Å². The number of aromatic nitrogens is 2. The molecule has 0 saturated carbocycles. The summed E-state index contributed by atoms with van der Waals surface area (Å²) in [4.78, 5) is 18.5. The standard InChI is InChI=1S/C24H31N5OS/c1-27-10-6-9-19(15-27)28-11-13-29(14-12-28)23-22-20(18-7-4-3-5-8-18)17-31-24(22)26-21(25-23)16-30-2/h3-5,7-8,17,19H,6,9-16H2,1-2H3. The van der Waals surface area contributed by atoms with Crippen LogP contribution < -0.4 is 4.90 Å². The highest BCUT2D eigenvalue weighted by molar-refractivity contribution is 7.17. The quantitative estimate of drug-likeness (QED) is 0.606. The number of likely N-dealkylation sites (tertiary alicyclic amines) is 1. The number of ether oxygens (including phenoxy) is 1.